The van der Waals surface area contributed by atoms with E-state index in [4.69, 9.17) is 23.2 Å². The van der Waals surface area contributed by atoms with Gasteiger partial charge in [0.2, 0.25) is 0 Å². The van der Waals surface area contributed by atoms with Crippen LogP contribution in [0.5, 0.6) is 0 Å². The molecule has 0 aromatic carbocycles. The Morgan fingerprint density at radius 2 is 1.86 bits per heavy atom. The molecule has 0 saturated carbocycles. The minimum absolute atomic E-state index is 0.440. The summed E-state index contributed by atoms with van der Waals surface area (Å²) < 4.78 is 0. The first kappa shape index (κ1) is 14.8. The Balaban J connectivity index is 1.96. The molecule has 0 atom stereocenters. The predicted octanol–water partition coefficient (Wildman–Crippen LogP) is 4.90. The van der Waals surface area contributed by atoms with E-state index >= 15 is 0 Å². The molecule has 1 N–H and O–H groups in total. The largest absolute Gasteiger partial charge is 0.324 e. The van der Waals surface area contributed by atoms with Crippen molar-refractivity contribution in [1.29, 1.82) is 0 Å². The minimum Gasteiger partial charge on any atom is -0.324 e. The monoisotopic (exact) mass is 330 g/mol. The van der Waals surface area contributed by atoms with E-state index in [9.17, 15) is 0 Å². The molecule has 0 saturated heterocycles. The molecule has 22 heavy (non-hydrogen) atoms. The van der Waals surface area contributed by atoms with Crippen LogP contribution in [0, 0.1) is 6.92 Å². The topological polar surface area (TPSA) is 50.7 Å². The second-order valence-electron chi connectivity index (χ2n) is 4.74. The van der Waals surface area contributed by atoms with Crippen molar-refractivity contribution in [3.05, 3.63) is 64.4 Å². The number of aryl methyl sites for hydroxylation is 1. The zero-order chi connectivity index (χ0) is 15.5. The third-order valence-corrected chi connectivity index (χ3v) is 3.45. The van der Waals surface area contributed by atoms with Crippen molar-refractivity contribution in [2.75, 3.05) is 5.32 Å². The molecule has 4 nitrogen and oxygen atoms in total. The van der Waals surface area contributed by atoms with Crippen LogP contribution in [-0.2, 0) is 0 Å². The maximum atomic E-state index is 6.13. The molecule has 0 radical (unpaired) electrons. The quantitative estimate of drug-likeness (QED) is 0.742. The molecule has 0 aliphatic carbocycles. The molecule has 110 valence electrons. The second kappa shape index (κ2) is 6.30. The van der Waals surface area contributed by atoms with Gasteiger partial charge in [-0.15, -0.1) is 0 Å². The molecule has 0 unspecified atom stereocenters. The molecular formula is C16H12Cl2N4. The first-order chi connectivity index (χ1) is 10.6. The summed E-state index contributed by atoms with van der Waals surface area (Å²) in [6, 6.07) is 11.2. The molecule has 0 aliphatic rings. The number of pyridine rings is 3. The van der Waals surface area contributed by atoms with Gasteiger partial charge in [0.15, 0.2) is 0 Å². The normalized spacial score (nSPS) is 10.5. The lowest BCUT2D eigenvalue weighted by atomic mass is 10.2. The fourth-order valence-electron chi connectivity index (χ4n) is 2.00. The molecule has 0 bridgehead atoms. The lowest BCUT2D eigenvalue weighted by Crippen LogP contribution is -1.99. The summed E-state index contributed by atoms with van der Waals surface area (Å²) in [6.45, 7) is 2.00. The zero-order valence-corrected chi connectivity index (χ0v) is 13.2. The van der Waals surface area contributed by atoms with Crippen LogP contribution in [0.4, 0.5) is 11.6 Å². The molecule has 3 heterocycles. The van der Waals surface area contributed by atoms with Crippen molar-refractivity contribution in [2.45, 2.75) is 6.92 Å². The number of hydrogen-bond donors (Lipinski definition) is 1. The smallest absolute Gasteiger partial charge is 0.150 e. The number of rotatable bonds is 3. The summed E-state index contributed by atoms with van der Waals surface area (Å²) in [6.07, 6.45) is 3.27. The van der Waals surface area contributed by atoms with Crippen molar-refractivity contribution in [3.8, 4) is 11.4 Å². The van der Waals surface area contributed by atoms with Crippen LogP contribution in [0.1, 0.15) is 5.56 Å². The van der Waals surface area contributed by atoms with Crippen LogP contribution < -0.4 is 5.32 Å². The molecule has 3 rings (SSSR count). The number of nitrogens with one attached hydrogen (secondary N) is 1. The number of halogens is 2. The first-order valence-electron chi connectivity index (χ1n) is 6.60. The van der Waals surface area contributed by atoms with Gasteiger partial charge in [0, 0.05) is 12.4 Å². The lowest BCUT2D eigenvalue weighted by molar-refractivity contribution is 1.21. The van der Waals surface area contributed by atoms with Crippen molar-refractivity contribution in [2.24, 2.45) is 0 Å². The fourth-order valence-corrected chi connectivity index (χ4v) is 2.43. The number of nitrogens with zero attached hydrogens (tertiary/aromatic N) is 3. The highest BCUT2D eigenvalue weighted by Crippen LogP contribution is 2.26. The summed E-state index contributed by atoms with van der Waals surface area (Å²) in [5.41, 5.74) is 2.65. The second-order valence-corrected chi connectivity index (χ2v) is 5.58. The first-order valence-corrected chi connectivity index (χ1v) is 7.35. The number of hydrogen-bond acceptors (Lipinski definition) is 4. The molecular weight excluding hydrogens is 319 g/mol. The van der Waals surface area contributed by atoms with E-state index in [-0.39, 0.29) is 0 Å². The molecule has 0 aliphatic heterocycles. The summed E-state index contributed by atoms with van der Waals surface area (Å²) in [4.78, 5) is 13.0. The Labute approximate surface area is 138 Å². The summed E-state index contributed by atoms with van der Waals surface area (Å²) in [7, 11) is 0. The highest BCUT2D eigenvalue weighted by Gasteiger charge is 2.07. The van der Waals surface area contributed by atoms with Crippen molar-refractivity contribution < 1.29 is 0 Å². The summed E-state index contributed by atoms with van der Waals surface area (Å²) in [5, 5.41) is 4.04. The van der Waals surface area contributed by atoms with Crippen LogP contribution in [0.2, 0.25) is 10.0 Å². The molecule has 0 spiro atoms. The van der Waals surface area contributed by atoms with Gasteiger partial charge in [-0.25, -0.2) is 9.97 Å². The van der Waals surface area contributed by atoms with E-state index in [2.05, 4.69) is 20.3 Å². The van der Waals surface area contributed by atoms with E-state index in [0.29, 0.717) is 21.7 Å². The van der Waals surface area contributed by atoms with Gasteiger partial charge in [-0.3, -0.25) is 4.98 Å². The number of anilines is 2. The molecule has 0 fully saturated rings. The van der Waals surface area contributed by atoms with Gasteiger partial charge in [0.25, 0.3) is 0 Å². The maximum absolute atomic E-state index is 6.13. The van der Waals surface area contributed by atoms with Gasteiger partial charge < -0.3 is 5.32 Å². The van der Waals surface area contributed by atoms with Crippen molar-refractivity contribution in [3.63, 3.8) is 0 Å². The predicted molar refractivity (Wildman–Crippen MR) is 89.7 cm³/mol. The van der Waals surface area contributed by atoms with Gasteiger partial charge >= 0.3 is 0 Å². The Morgan fingerprint density at radius 3 is 2.59 bits per heavy atom. The molecule has 0 amide bonds. The van der Waals surface area contributed by atoms with Gasteiger partial charge in [0.05, 0.1) is 21.4 Å². The maximum Gasteiger partial charge on any atom is 0.150 e. The van der Waals surface area contributed by atoms with E-state index in [1.54, 1.807) is 12.3 Å². The van der Waals surface area contributed by atoms with Crippen LogP contribution in [0.3, 0.4) is 0 Å². The third-order valence-electron chi connectivity index (χ3n) is 2.95. The Bertz CT molecular complexity index is 806. The van der Waals surface area contributed by atoms with E-state index in [1.807, 2.05) is 37.3 Å². The molecule has 6 heteroatoms. The fraction of sp³-hybridized carbons (Fsp3) is 0.0625. The average Bonchev–Trinajstić information content (AvgIpc) is 2.50. The lowest BCUT2D eigenvalue weighted by Gasteiger charge is -2.09. The Kier molecular flexibility index (Phi) is 4.22. The van der Waals surface area contributed by atoms with E-state index in [0.717, 1.165) is 17.0 Å². The highest BCUT2D eigenvalue weighted by molar-refractivity contribution is 6.36. The van der Waals surface area contributed by atoms with Gasteiger partial charge in [-0.1, -0.05) is 29.3 Å². The van der Waals surface area contributed by atoms with E-state index in [1.165, 1.54) is 6.20 Å². The van der Waals surface area contributed by atoms with E-state index < -0.39 is 0 Å². The van der Waals surface area contributed by atoms with Crippen LogP contribution >= 0.6 is 23.2 Å². The van der Waals surface area contributed by atoms with Gasteiger partial charge in [0.1, 0.15) is 11.6 Å². The Morgan fingerprint density at radius 1 is 1.00 bits per heavy atom. The summed E-state index contributed by atoms with van der Waals surface area (Å²) in [5.74, 6) is 1.16. The highest BCUT2D eigenvalue weighted by atomic mass is 35.5. The Hall–Kier alpha value is -2.17. The van der Waals surface area contributed by atoms with Crippen LogP contribution in [0.25, 0.3) is 11.4 Å². The minimum atomic E-state index is 0.440. The van der Waals surface area contributed by atoms with Gasteiger partial charge in [-0.05, 0) is 42.8 Å². The molecule has 3 aromatic rings. The third kappa shape index (κ3) is 3.35. The SMILES string of the molecule is Cc1cc(Nc2ncc(Cl)cc2Cl)nc(-c2ccccn2)c1. The van der Waals surface area contributed by atoms with Gasteiger partial charge in [-0.2, -0.15) is 0 Å². The molecule has 3 aromatic heterocycles. The van der Waals surface area contributed by atoms with Crippen LogP contribution in [-0.4, -0.2) is 15.0 Å². The number of aromatic nitrogens is 3. The van der Waals surface area contributed by atoms with Crippen molar-refractivity contribution in [1.82, 2.24) is 15.0 Å². The standard InChI is InChI=1S/C16H12Cl2N4/c1-10-6-14(13-4-2-3-5-19-13)21-15(7-10)22-16-12(18)8-11(17)9-20-16/h2-9H,1H3,(H,20,21,22). The average molecular weight is 331 g/mol. The zero-order valence-electron chi connectivity index (χ0n) is 11.7. The summed E-state index contributed by atoms with van der Waals surface area (Å²) >= 11 is 12.0. The van der Waals surface area contributed by atoms with Crippen LogP contribution in [0.15, 0.2) is 48.8 Å². The van der Waals surface area contributed by atoms with Crippen molar-refractivity contribution >= 4 is 34.8 Å².